The maximum Gasteiger partial charge on any atom is 0.294 e. The standard InChI is InChI=1S/C14H14O5S/c1-8-4-3-5-10(15)13(8)14-9(2)12(20(17,18)19)7-6-11(14)16/h3-7,15-16H,1-2H3,(H,17,18,19). The van der Waals surface area contributed by atoms with Crippen LogP contribution in [-0.2, 0) is 10.1 Å². The van der Waals surface area contributed by atoms with E-state index in [4.69, 9.17) is 0 Å². The highest BCUT2D eigenvalue weighted by molar-refractivity contribution is 7.85. The lowest BCUT2D eigenvalue weighted by Crippen LogP contribution is -2.02. The minimum Gasteiger partial charge on any atom is -0.507 e. The van der Waals surface area contributed by atoms with Crippen molar-refractivity contribution in [2.24, 2.45) is 0 Å². The van der Waals surface area contributed by atoms with Crippen LogP contribution in [-0.4, -0.2) is 23.2 Å². The van der Waals surface area contributed by atoms with Crippen molar-refractivity contribution in [1.82, 2.24) is 0 Å². The van der Waals surface area contributed by atoms with Crippen molar-refractivity contribution in [2.45, 2.75) is 18.7 Å². The van der Waals surface area contributed by atoms with Gasteiger partial charge in [-0.15, -0.1) is 0 Å². The topological polar surface area (TPSA) is 94.8 Å². The quantitative estimate of drug-likeness (QED) is 0.740. The highest BCUT2D eigenvalue weighted by Crippen LogP contribution is 2.41. The summed E-state index contributed by atoms with van der Waals surface area (Å²) in [6.07, 6.45) is 0. The number of rotatable bonds is 2. The van der Waals surface area contributed by atoms with Crippen LogP contribution < -0.4 is 0 Å². The summed E-state index contributed by atoms with van der Waals surface area (Å²) in [4.78, 5) is -0.298. The van der Waals surface area contributed by atoms with Crippen molar-refractivity contribution in [3.05, 3.63) is 41.5 Å². The summed E-state index contributed by atoms with van der Waals surface area (Å²) >= 11 is 0. The average molecular weight is 294 g/mol. The Balaban J connectivity index is 2.88. The first-order valence-electron chi connectivity index (χ1n) is 5.82. The third-order valence-electron chi connectivity index (χ3n) is 3.17. The second kappa shape index (κ2) is 4.81. The smallest absolute Gasteiger partial charge is 0.294 e. The zero-order valence-electron chi connectivity index (χ0n) is 11.0. The van der Waals surface area contributed by atoms with Crippen LogP contribution in [0.2, 0.25) is 0 Å². The van der Waals surface area contributed by atoms with Gasteiger partial charge in [-0.2, -0.15) is 8.42 Å². The van der Waals surface area contributed by atoms with Crippen molar-refractivity contribution < 1.29 is 23.2 Å². The van der Waals surface area contributed by atoms with E-state index in [0.29, 0.717) is 11.1 Å². The number of phenols is 2. The third kappa shape index (κ3) is 2.35. The fourth-order valence-corrected chi connectivity index (χ4v) is 2.98. The van der Waals surface area contributed by atoms with Crippen LogP contribution in [0.1, 0.15) is 11.1 Å². The van der Waals surface area contributed by atoms with Gasteiger partial charge < -0.3 is 10.2 Å². The molecule has 0 amide bonds. The van der Waals surface area contributed by atoms with Gasteiger partial charge >= 0.3 is 0 Å². The summed E-state index contributed by atoms with van der Waals surface area (Å²) in [6.45, 7) is 3.19. The van der Waals surface area contributed by atoms with E-state index in [1.54, 1.807) is 19.1 Å². The predicted molar refractivity (Wildman–Crippen MR) is 74.5 cm³/mol. The lowest BCUT2D eigenvalue weighted by molar-refractivity contribution is 0.466. The fourth-order valence-electron chi connectivity index (χ4n) is 2.25. The predicted octanol–water partition coefficient (Wildman–Crippen LogP) is 2.63. The molecule has 0 heterocycles. The molecule has 3 N–H and O–H groups in total. The molecule has 20 heavy (non-hydrogen) atoms. The summed E-state index contributed by atoms with van der Waals surface area (Å²) < 4.78 is 31.9. The van der Waals surface area contributed by atoms with Gasteiger partial charge in [0.25, 0.3) is 10.1 Å². The summed E-state index contributed by atoms with van der Waals surface area (Å²) in [6, 6.07) is 7.12. The molecule has 0 aromatic heterocycles. The van der Waals surface area contributed by atoms with E-state index in [0.717, 1.165) is 6.07 Å². The number of benzene rings is 2. The Hall–Kier alpha value is -2.05. The molecule has 0 fully saturated rings. The van der Waals surface area contributed by atoms with Gasteiger partial charge in [0, 0.05) is 11.1 Å². The van der Waals surface area contributed by atoms with Gasteiger partial charge in [-0.1, -0.05) is 12.1 Å². The first-order chi connectivity index (χ1) is 9.23. The van der Waals surface area contributed by atoms with Gasteiger partial charge in [0.1, 0.15) is 11.5 Å². The van der Waals surface area contributed by atoms with Gasteiger partial charge in [0.2, 0.25) is 0 Å². The van der Waals surface area contributed by atoms with E-state index >= 15 is 0 Å². The molecule has 0 aliphatic rings. The maximum absolute atomic E-state index is 11.3. The molecule has 0 aliphatic carbocycles. The second-order valence-electron chi connectivity index (χ2n) is 4.53. The van der Waals surface area contributed by atoms with Crippen molar-refractivity contribution in [1.29, 1.82) is 0 Å². The monoisotopic (exact) mass is 294 g/mol. The summed E-state index contributed by atoms with van der Waals surface area (Å²) in [7, 11) is -4.40. The maximum atomic E-state index is 11.3. The summed E-state index contributed by atoms with van der Waals surface area (Å²) in [5, 5.41) is 20.0. The zero-order valence-corrected chi connectivity index (χ0v) is 11.8. The van der Waals surface area contributed by atoms with Crippen molar-refractivity contribution in [3.8, 4) is 22.6 Å². The van der Waals surface area contributed by atoms with Gasteiger partial charge in [0.15, 0.2) is 0 Å². The molecule has 5 nitrogen and oxygen atoms in total. The van der Waals surface area contributed by atoms with Gasteiger partial charge in [-0.3, -0.25) is 4.55 Å². The number of aromatic hydroxyl groups is 2. The van der Waals surface area contributed by atoms with E-state index in [1.165, 1.54) is 19.1 Å². The minimum absolute atomic E-state index is 0.0733. The summed E-state index contributed by atoms with van der Waals surface area (Å²) in [5.74, 6) is -0.240. The largest absolute Gasteiger partial charge is 0.507 e. The van der Waals surface area contributed by atoms with Crippen LogP contribution in [0.25, 0.3) is 11.1 Å². The Kier molecular flexibility index (Phi) is 3.45. The van der Waals surface area contributed by atoms with Crippen LogP contribution in [0.5, 0.6) is 11.5 Å². The van der Waals surface area contributed by atoms with E-state index < -0.39 is 10.1 Å². The molecule has 2 aromatic rings. The molecular formula is C14H14O5S. The molecule has 0 radical (unpaired) electrons. The third-order valence-corrected chi connectivity index (χ3v) is 4.17. The van der Waals surface area contributed by atoms with Crippen LogP contribution in [0.4, 0.5) is 0 Å². The van der Waals surface area contributed by atoms with E-state index in [1.807, 2.05) is 0 Å². The van der Waals surface area contributed by atoms with Crippen LogP contribution in [0, 0.1) is 13.8 Å². The average Bonchev–Trinajstić information content (AvgIpc) is 2.30. The summed E-state index contributed by atoms with van der Waals surface area (Å²) in [5.41, 5.74) is 1.39. The first kappa shape index (κ1) is 14.4. The molecule has 106 valence electrons. The fraction of sp³-hybridized carbons (Fsp3) is 0.143. The van der Waals surface area contributed by atoms with Crippen molar-refractivity contribution >= 4 is 10.1 Å². The molecule has 6 heteroatoms. The van der Waals surface area contributed by atoms with E-state index in [9.17, 15) is 23.2 Å². The Labute approximate surface area is 116 Å². The number of hydrogen-bond donors (Lipinski definition) is 3. The Morgan fingerprint density at radius 2 is 1.50 bits per heavy atom. The molecule has 0 aliphatic heterocycles. The van der Waals surface area contributed by atoms with Crippen LogP contribution in [0.3, 0.4) is 0 Å². The number of hydrogen-bond acceptors (Lipinski definition) is 4. The first-order valence-corrected chi connectivity index (χ1v) is 7.26. The van der Waals surface area contributed by atoms with Crippen molar-refractivity contribution in [2.75, 3.05) is 0 Å². The zero-order chi connectivity index (χ0) is 15.1. The molecule has 0 saturated carbocycles. The highest BCUT2D eigenvalue weighted by Gasteiger charge is 2.21. The molecule has 0 spiro atoms. The number of aryl methyl sites for hydroxylation is 1. The molecule has 0 bridgehead atoms. The van der Waals surface area contributed by atoms with Crippen LogP contribution in [0.15, 0.2) is 35.2 Å². The molecule has 0 atom stereocenters. The highest BCUT2D eigenvalue weighted by atomic mass is 32.2. The van der Waals surface area contributed by atoms with Gasteiger partial charge in [-0.25, -0.2) is 0 Å². The van der Waals surface area contributed by atoms with Gasteiger partial charge in [-0.05, 0) is 43.2 Å². The van der Waals surface area contributed by atoms with E-state index in [-0.39, 0.29) is 27.5 Å². The van der Waals surface area contributed by atoms with Crippen LogP contribution >= 0.6 is 0 Å². The van der Waals surface area contributed by atoms with Gasteiger partial charge in [0.05, 0.1) is 4.90 Å². The normalized spacial score (nSPS) is 11.6. The van der Waals surface area contributed by atoms with E-state index in [2.05, 4.69) is 0 Å². The minimum atomic E-state index is -4.40. The molecule has 2 aromatic carbocycles. The molecule has 0 saturated heterocycles. The molecular weight excluding hydrogens is 280 g/mol. The SMILES string of the molecule is Cc1cccc(O)c1-c1c(O)ccc(S(=O)(=O)O)c1C. The second-order valence-corrected chi connectivity index (χ2v) is 5.92. The Bertz CT molecular complexity index is 758. The molecule has 2 rings (SSSR count). The Morgan fingerprint density at radius 1 is 0.900 bits per heavy atom. The molecule has 0 unspecified atom stereocenters. The van der Waals surface area contributed by atoms with Crippen molar-refractivity contribution in [3.63, 3.8) is 0 Å². The lowest BCUT2D eigenvalue weighted by atomic mass is 9.95. The lowest BCUT2D eigenvalue weighted by Gasteiger charge is -2.15. The number of phenolic OH excluding ortho intramolecular Hbond substituents is 2. The Morgan fingerprint density at radius 3 is 2.05 bits per heavy atom.